The second-order valence-electron chi connectivity index (χ2n) is 4.85. The summed E-state index contributed by atoms with van der Waals surface area (Å²) >= 11 is 0. The molecule has 110 valence electrons. The Morgan fingerprint density at radius 3 is 2.62 bits per heavy atom. The van der Waals surface area contributed by atoms with Crippen LogP contribution in [0.4, 0.5) is 0 Å². The summed E-state index contributed by atoms with van der Waals surface area (Å²) in [6.45, 7) is 2.90. The van der Waals surface area contributed by atoms with Gasteiger partial charge in [-0.05, 0) is 29.7 Å². The summed E-state index contributed by atoms with van der Waals surface area (Å²) in [5.41, 5.74) is 8.64. The molecule has 0 heterocycles. The summed E-state index contributed by atoms with van der Waals surface area (Å²) in [5, 5.41) is 2.83. The topological polar surface area (TPSA) is 64.3 Å². The van der Waals surface area contributed by atoms with E-state index < -0.39 is 0 Å². The highest BCUT2D eigenvalue weighted by molar-refractivity contribution is 5.77. The molecule has 0 spiro atoms. The fraction of sp³-hybridized carbons (Fsp3) is 0.235. The number of nitrogens with two attached hydrogens (primary N) is 1. The van der Waals surface area contributed by atoms with Gasteiger partial charge in [0.2, 0.25) is 0 Å². The highest BCUT2D eigenvalue weighted by Crippen LogP contribution is 2.19. The van der Waals surface area contributed by atoms with Gasteiger partial charge in [-0.3, -0.25) is 4.79 Å². The summed E-state index contributed by atoms with van der Waals surface area (Å²) in [5.74, 6) is 0.559. The van der Waals surface area contributed by atoms with Gasteiger partial charge in [0.1, 0.15) is 5.75 Å². The van der Waals surface area contributed by atoms with E-state index in [1.54, 1.807) is 0 Å². The summed E-state index contributed by atoms with van der Waals surface area (Å²) < 4.78 is 5.56. The van der Waals surface area contributed by atoms with Crippen molar-refractivity contribution in [3.63, 3.8) is 0 Å². The third-order valence-corrected chi connectivity index (χ3v) is 3.18. The summed E-state index contributed by atoms with van der Waals surface area (Å²) in [6, 6.07) is 15.5. The molecule has 3 N–H and O–H groups in total. The molecule has 2 rings (SSSR count). The Balaban J connectivity index is 1.84. The van der Waals surface area contributed by atoms with Crippen molar-refractivity contribution in [3.05, 3.63) is 65.2 Å². The standard InChI is InChI=1S/C17H20N2O2/c1-13-7-8-15(10-18)9-16(13)21-12-17(20)19-11-14-5-3-2-4-6-14/h2-9H,10-12,18H2,1H3,(H,19,20). The molecular weight excluding hydrogens is 264 g/mol. The highest BCUT2D eigenvalue weighted by atomic mass is 16.5. The Morgan fingerprint density at radius 2 is 1.90 bits per heavy atom. The molecule has 0 radical (unpaired) electrons. The molecule has 0 unspecified atom stereocenters. The van der Waals surface area contributed by atoms with Gasteiger partial charge in [-0.2, -0.15) is 0 Å². The number of nitrogens with one attached hydrogen (secondary N) is 1. The van der Waals surface area contributed by atoms with Crippen molar-refractivity contribution in [2.45, 2.75) is 20.0 Å². The maximum atomic E-state index is 11.8. The normalized spacial score (nSPS) is 10.2. The average Bonchev–Trinajstić information content (AvgIpc) is 2.53. The molecule has 0 aliphatic carbocycles. The lowest BCUT2D eigenvalue weighted by atomic mass is 10.1. The predicted molar refractivity (Wildman–Crippen MR) is 82.9 cm³/mol. The molecular formula is C17H20N2O2. The van der Waals surface area contributed by atoms with Crippen LogP contribution in [0.3, 0.4) is 0 Å². The molecule has 0 aliphatic heterocycles. The van der Waals surface area contributed by atoms with E-state index in [0.29, 0.717) is 18.8 Å². The summed E-state index contributed by atoms with van der Waals surface area (Å²) in [4.78, 5) is 11.8. The van der Waals surface area contributed by atoms with Crippen LogP contribution < -0.4 is 15.8 Å². The van der Waals surface area contributed by atoms with Crippen molar-refractivity contribution < 1.29 is 9.53 Å². The third-order valence-electron chi connectivity index (χ3n) is 3.18. The Labute approximate surface area is 124 Å². The minimum absolute atomic E-state index is 0.00168. The van der Waals surface area contributed by atoms with Crippen LogP contribution in [0.5, 0.6) is 5.75 Å². The number of hydrogen-bond acceptors (Lipinski definition) is 3. The molecule has 2 aromatic carbocycles. The minimum Gasteiger partial charge on any atom is -0.483 e. The highest BCUT2D eigenvalue weighted by Gasteiger charge is 2.05. The monoisotopic (exact) mass is 284 g/mol. The lowest BCUT2D eigenvalue weighted by Gasteiger charge is -2.11. The molecule has 4 heteroatoms. The van der Waals surface area contributed by atoms with Crippen LogP contribution in [0.15, 0.2) is 48.5 Å². The lowest BCUT2D eigenvalue weighted by Crippen LogP contribution is -2.28. The van der Waals surface area contributed by atoms with Crippen molar-refractivity contribution in [1.29, 1.82) is 0 Å². The quantitative estimate of drug-likeness (QED) is 0.854. The molecule has 21 heavy (non-hydrogen) atoms. The van der Waals surface area contributed by atoms with Gasteiger partial charge < -0.3 is 15.8 Å². The first-order chi connectivity index (χ1) is 10.2. The fourth-order valence-corrected chi connectivity index (χ4v) is 1.92. The van der Waals surface area contributed by atoms with Gasteiger partial charge in [0.15, 0.2) is 6.61 Å². The zero-order valence-corrected chi connectivity index (χ0v) is 12.1. The van der Waals surface area contributed by atoms with Crippen molar-refractivity contribution in [1.82, 2.24) is 5.32 Å². The van der Waals surface area contributed by atoms with Gasteiger partial charge in [-0.25, -0.2) is 0 Å². The van der Waals surface area contributed by atoms with Gasteiger partial charge in [-0.15, -0.1) is 0 Å². The summed E-state index contributed by atoms with van der Waals surface area (Å²) in [6.07, 6.45) is 0. The van der Waals surface area contributed by atoms with Crippen LogP contribution >= 0.6 is 0 Å². The largest absolute Gasteiger partial charge is 0.483 e. The maximum absolute atomic E-state index is 11.8. The SMILES string of the molecule is Cc1ccc(CN)cc1OCC(=O)NCc1ccccc1. The number of benzene rings is 2. The van der Waals surface area contributed by atoms with Crippen LogP contribution in [0.1, 0.15) is 16.7 Å². The number of carbonyl (C=O) groups excluding carboxylic acids is 1. The van der Waals surface area contributed by atoms with Crippen LogP contribution in [0, 0.1) is 6.92 Å². The Kier molecular flexibility index (Phi) is 5.35. The molecule has 2 aromatic rings. The maximum Gasteiger partial charge on any atom is 0.258 e. The molecule has 0 saturated heterocycles. The van der Waals surface area contributed by atoms with Crippen molar-refractivity contribution in [3.8, 4) is 5.75 Å². The molecule has 4 nitrogen and oxygen atoms in total. The van der Waals surface area contributed by atoms with Gasteiger partial charge >= 0.3 is 0 Å². The molecule has 0 fully saturated rings. The average molecular weight is 284 g/mol. The molecule has 0 atom stereocenters. The fourth-order valence-electron chi connectivity index (χ4n) is 1.92. The van der Waals surface area contributed by atoms with Crippen molar-refractivity contribution in [2.24, 2.45) is 5.73 Å². The molecule has 0 aliphatic rings. The van der Waals surface area contributed by atoms with E-state index in [1.165, 1.54) is 0 Å². The molecule has 0 bridgehead atoms. The number of rotatable bonds is 6. The first kappa shape index (κ1) is 15.1. The lowest BCUT2D eigenvalue weighted by molar-refractivity contribution is -0.123. The van der Waals surface area contributed by atoms with E-state index in [2.05, 4.69) is 5.32 Å². The zero-order valence-electron chi connectivity index (χ0n) is 12.1. The van der Waals surface area contributed by atoms with Gasteiger partial charge in [-0.1, -0.05) is 42.5 Å². The second-order valence-corrected chi connectivity index (χ2v) is 4.85. The number of carbonyl (C=O) groups is 1. The minimum atomic E-state index is -0.142. The van der Waals surface area contributed by atoms with Crippen molar-refractivity contribution in [2.75, 3.05) is 6.61 Å². The van der Waals surface area contributed by atoms with Crippen LogP contribution in [0.2, 0.25) is 0 Å². The number of amides is 1. The Hall–Kier alpha value is -2.33. The Bertz CT molecular complexity index is 597. The molecule has 0 saturated carbocycles. The molecule has 1 amide bonds. The third kappa shape index (κ3) is 4.61. The molecule has 0 aromatic heterocycles. The van der Waals surface area contributed by atoms with Gasteiger partial charge in [0.05, 0.1) is 0 Å². The van der Waals surface area contributed by atoms with Gasteiger partial charge in [0.25, 0.3) is 5.91 Å². The second kappa shape index (κ2) is 7.45. The zero-order chi connectivity index (χ0) is 15.1. The number of hydrogen-bond donors (Lipinski definition) is 2. The van der Waals surface area contributed by atoms with Crippen LogP contribution in [-0.2, 0) is 17.9 Å². The Morgan fingerprint density at radius 1 is 1.14 bits per heavy atom. The summed E-state index contributed by atoms with van der Waals surface area (Å²) in [7, 11) is 0. The predicted octanol–water partition coefficient (Wildman–Crippen LogP) is 2.15. The van der Waals surface area contributed by atoms with E-state index in [0.717, 1.165) is 16.7 Å². The first-order valence-electron chi connectivity index (χ1n) is 6.92. The van der Waals surface area contributed by atoms with Gasteiger partial charge in [0, 0.05) is 13.1 Å². The van der Waals surface area contributed by atoms with E-state index in [1.807, 2.05) is 55.5 Å². The number of aryl methyl sites for hydroxylation is 1. The van der Waals surface area contributed by atoms with Crippen molar-refractivity contribution >= 4 is 5.91 Å². The van der Waals surface area contributed by atoms with Crippen LogP contribution in [-0.4, -0.2) is 12.5 Å². The van der Waals surface area contributed by atoms with E-state index in [-0.39, 0.29) is 12.5 Å². The first-order valence-corrected chi connectivity index (χ1v) is 6.92. The van der Waals surface area contributed by atoms with E-state index in [9.17, 15) is 4.79 Å². The van der Waals surface area contributed by atoms with E-state index >= 15 is 0 Å². The number of ether oxygens (including phenoxy) is 1. The smallest absolute Gasteiger partial charge is 0.258 e. The van der Waals surface area contributed by atoms with Crippen LogP contribution in [0.25, 0.3) is 0 Å². The van der Waals surface area contributed by atoms with E-state index in [4.69, 9.17) is 10.5 Å².